The van der Waals surface area contributed by atoms with Gasteiger partial charge in [0.15, 0.2) is 0 Å². The van der Waals surface area contributed by atoms with Crippen molar-refractivity contribution in [1.29, 1.82) is 0 Å². The molecule has 0 saturated carbocycles. The number of alkyl halides is 3. The third-order valence-electron chi connectivity index (χ3n) is 2.43. The van der Waals surface area contributed by atoms with E-state index in [1.807, 2.05) is 0 Å². The molecule has 0 spiro atoms. The van der Waals surface area contributed by atoms with E-state index in [1.54, 1.807) is 0 Å². The zero-order valence-corrected chi connectivity index (χ0v) is 11.8. The van der Waals surface area contributed by atoms with Crippen molar-refractivity contribution in [3.8, 4) is 0 Å². The van der Waals surface area contributed by atoms with Crippen LogP contribution >= 0.6 is 23.2 Å². The molecule has 1 aromatic carbocycles. The van der Waals surface area contributed by atoms with Gasteiger partial charge in [-0.15, -0.1) is 0 Å². The zero-order valence-electron chi connectivity index (χ0n) is 10.3. The van der Waals surface area contributed by atoms with Crippen molar-refractivity contribution in [2.45, 2.75) is 12.6 Å². The van der Waals surface area contributed by atoms with Gasteiger partial charge in [0.1, 0.15) is 6.54 Å². The molecule has 0 saturated heterocycles. The number of benzene rings is 1. The summed E-state index contributed by atoms with van der Waals surface area (Å²) in [6.07, 6.45) is -4.75. The van der Waals surface area contributed by atoms with Gasteiger partial charge in [0.2, 0.25) is 5.91 Å². The lowest BCUT2D eigenvalue weighted by Crippen LogP contribution is -2.41. The zero-order chi connectivity index (χ0) is 15.3. The van der Waals surface area contributed by atoms with Crippen LogP contribution in [0.25, 0.3) is 0 Å². The van der Waals surface area contributed by atoms with E-state index >= 15 is 0 Å². The summed E-state index contributed by atoms with van der Waals surface area (Å²) in [5.74, 6) is -0.741. The summed E-state index contributed by atoms with van der Waals surface area (Å²) in [4.78, 5) is 12.4. The van der Waals surface area contributed by atoms with Crippen molar-refractivity contribution in [3.63, 3.8) is 0 Å². The normalized spacial score (nSPS) is 11.5. The van der Waals surface area contributed by atoms with E-state index < -0.39 is 25.2 Å². The van der Waals surface area contributed by atoms with Gasteiger partial charge in [-0.05, 0) is 17.7 Å². The molecule has 0 atom stereocenters. The summed E-state index contributed by atoms with van der Waals surface area (Å²) in [5.41, 5.74) is 0.453. The third kappa shape index (κ3) is 5.56. The van der Waals surface area contributed by atoms with Gasteiger partial charge in [0.25, 0.3) is 0 Å². The topological polar surface area (TPSA) is 40.5 Å². The fraction of sp³-hybridized carbons (Fsp3) is 0.417. The predicted molar refractivity (Wildman–Crippen MR) is 69.9 cm³/mol. The second-order valence-electron chi connectivity index (χ2n) is 4.08. The standard InChI is InChI=1S/C12H12Cl2F3NO2/c13-9-2-1-8(5-10(9)14)6-11(20)18(3-4-19)7-12(15,16)17/h1-2,5,19H,3-4,6-7H2. The number of aliphatic hydroxyl groups excluding tert-OH is 1. The molecule has 1 N–H and O–H groups in total. The number of halogens is 5. The number of hydrogen-bond donors (Lipinski definition) is 1. The van der Waals surface area contributed by atoms with Crippen molar-refractivity contribution in [1.82, 2.24) is 4.90 Å². The quantitative estimate of drug-likeness (QED) is 0.902. The summed E-state index contributed by atoms with van der Waals surface area (Å²) in [7, 11) is 0. The van der Waals surface area contributed by atoms with Crippen molar-refractivity contribution < 1.29 is 23.1 Å². The van der Waals surface area contributed by atoms with Crippen LogP contribution < -0.4 is 0 Å². The Morgan fingerprint density at radius 2 is 1.90 bits per heavy atom. The molecular weight excluding hydrogens is 318 g/mol. The third-order valence-corrected chi connectivity index (χ3v) is 3.17. The van der Waals surface area contributed by atoms with Crippen LogP contribution in [0.15, 0.2) is 18.2 Å². The Labute approximate surface area is 123 Å². The minimum Gasteiger partial charge on any atom is -0.395 e. The molecule has 1 aromatic rings. The van der Waals surface area contributed by atoms with Crippen LogP contribution in [0.2, 0.25) is 10.0 Å². The Kier molecular flexibility index (Phi) is 6.10. The summed E-state index contributed by atoms with van der Waals surface area (Å²) in [6.45, 7) is -2.31. The minimum absolute atomic E-state index is 0.224. The van der Waals surface area contributed by atoms with Crippen molar-refractivity contribution in [2.75, 3.05) is 19.7 Å². The average Bonchev–Trinajstić information content (AvgIpc) is 2.31. The number of rotatable bonds is 5. The van der Waals surface area contributed by atoms with Gasteiger partial charge in [-0.2, -0.15) is 13.2 Å². The summed E-state index contributed by atoms with van der Waals surface area (Å²) >= 11 is 11.5. The van der Waals surface area contributed by atoms with E-state index in [2.05, 4.69) is 0 Å². The van der Waals surface area contributed by atoms with E-state index in [4.69, 9.17) is 28.3 Å². The van der Waals surface area contributed by atoms with Crippen LogP contribution in [0, 0.1) is 0 Å². The van der Waals surface area contributed by atoms with Crippen LogP contribution in [-0.2, 0) is 11.2 Å². The maximum atomic E-state index is 12.3. The maximum absolute atomic E-state index is 12.3. The summed E-state index contributed by atoms with van der Waals surface area (Å²) < 4.78 is 37.0. The number of aliphatic hydroxyl groups is 1. The summed E-state index contributed by atoms with van der Waals surface area (Å²) in [5, 5.41) is 9.25. The minimum atomic E-state index is -4.51. The van der Waals surface area contributed by atoms with E-state index in [9.17, 15) is 18.0 Å². The SMILES string of the molecule is O=C(Cc1ccc(Cl)c(Cl)c1)N(CCO)CC(F)(F)F. The van der Waals surface area contributed by atoms with Crippen LogP contribution in [0.1, 0.15) is 5.56 Å². The van der Waals surface area contributed by atoms with Gasteiger partial charge in [-0.25, -0.2) is 0 Å². The van der Waals surface area contributed by atoms with Crippen LogP contribution in [-0.4, -0.2) is 41.8 Å². The molecule has 8 heteroatoms. The summed E-state index contributed by atoms with van der Waals surface area (Å²) in [6, 6.07) is 4.40. The molecular formula is C12H12Cl2F3NO2. The predicted octanol–water partition coefficient (Wildman–Crippen LogP) is 2.92. The molecule has 3 nitrogen and oxygen atoms in total. The van der Waals surface area contributed by atoms with Crippen LogP contribution in [0.3, 0.4) is 0 Å². The second-order valence-corrected chi connectivity index (χ2v) is 4.89. The first kappa shape index (κ1) is 17.1. The Morgan fingerprint density at radius 1 is 1.25 bits per heavy atom. The van der Waals surface area contributed by atoms with E-state index in [1.165, 1.54) is 18.2 Å². The van der Waals surface area contributed by atoms with Gasteiger partial charge in [0, 0.05) is 6.54 Å². The highest BCUT2D eigenvalue weighted by Gasteiger charge is 2.32. The molecule has 1 rings (SSSR count). The van der Waals surface area contributed by atoms with Crippen molar-refractivity contribution in [3.05, 3.63) is 33.8 Å². The Morgan fingerprint density at radius 3 is 2.40 bits per heavy atom. The van der Waals surface area contributed by atoms with Gasteiger partial charge in [-0.3, -0.25) is 4.79 Å². The Bertz CT molecular complexity index is 480. The highest BCUT2D eigenvalue weighted by atomic mass is 35.5. The number of carbonyl (C=O) groups excluding carboxylic acids is 1. The highest BCUT2D eigenvalue weighted by molar-refractivity contribution is 6.42. The van der Waals surface area contributed by atoms with E-state index in [0.717, 1.165) is 0 Å². The lowest BCUT2D eigenvalue weighted by Gasteiger charge is -2.23. The molecule has 0 unspecified atom stereocenters. The first-order valence-electron chi connectivity index (χ1n) is 5.62. The molecule has 0 radical (unpaired) electrons. The number of carbonyl (C=O) groups is 1. The largest absolute Gasteiger partial charge is 0.406 e. The lowest BCUT2D eigenvalue weighted by molar-refractivity contribution is -0.161. The fourth-order valence-electron chi connectivity index (χ4n) is 1.57. The van der Waals surface area contributed by atoms with Crippen LogP contribution in [0.4, 0.5) is 13.2 Å². The van der Waals surface area contributed by atoms with Crippen molar-refractivity contribution in [2.24, 2.45) is 0 Å². The first-order chi connectivity index (χ1) is 9.23. The van der Waals surface area contributed by atoms with E-state index in [-0.39, 0.29) is 18.0 Å². The van der Waals surface area contributed by atoms with Gasteiger partial charge in [0.05, 0.1) is 23.1 Å². The highest BCUT2D eigenvalue weighted by Crippen LogP contribution is 2.23. The molecule has 0 bridgehead atoms. The molecule has 20 heavy (non-hydrogen) atoms. The molecule has 0 fully saturated rings. The first-order valence-corrected chi connectivity index (χ1v) is 6.38. The molecule has 112 valence electrons. The number of amides is 1. The van der Waals surface area contributed by atoms with E-state index in [0.29, 0.717) is 15.5 Å². The fourth-order valence-corrected chi connectivity index (χ4v) is 1.89. The second kappa shape index (κ2) is 7.15. The van der Waals surface area contributed by atoms with Crippen LogP contribution in [0.5, 0.6) is 0 Å². The maximum Gasteiger partial charge on any atom is 0.406 e. The number of hydrogen-bond acceptors (Lipinski definition) is 2. The molecule has 0 aromatic heterocycles. The van der Waals surface area contributed by atoms with Crippen molar-refractivity contribution >= 4 is 29.1 Å². The lowest BCUT2D eigenvalue weighted by atomic mass is 10.1. The molecule has 0 aliphatic rings. The molecule has 0 aliphatic heterocycles. The molecule has 1 amide bonds. The number of nitrogens with zero attached hydrogens (tertiary/aromatic N) is 1. The van der Waals surface area contributed by atoms with Gasteiger partial charge < -0.3 is 10.0 Å². The molecule has 0 aliphatic carbocycles. The molecule has 0 heterocycles. The Hall–Kier alpha value is -0.980. The Balaban J connectivity index is 2.77. The smallest absolute Gasteiger partial charge is 0.395 e. The monoisotopic (exact) mass is 329 g/mol. The average molecular weight is 330 g/mol. The van der Waals surface area contributed by atoms with Gasteiger partial charge in [-0.1, -0.05) is 29.3 Å². The van der Waals surface area contributed by atoms with Gasteiger partial charge >= 0.3 is 6.18 Å².